The van der Waals surface area contributed by atoms with Crippen molar-refractivity contribution < 1.29 is 4.79 Å². The molecule has 0 fully saturated rings. The van der Waals surface area contributed by atoms with Gasteiger partial charge in [-0.25, -0.2) is 0 Å². The van der Waals surface area contributed by atoms with Gasteiger partial charge in [0.2, 0.25) is 5.91 Å². The van der Waals surface area contributed by atoms with Gasteiger partial charge in [0.05, 0.1) is 6.54 Å². The zero-order chi connectivity index (χ0) is 14.4. The van der Waals surface area contributed by atoms with Gasteiger partial charge < -0.3 is 11.1 Å². The molecule has 0 aromatic heterocycles. The predicted molar refractivity (Wildman–Crippen MR) is 81.8 cm³/mol. The summed E-state index contributed by atoms with van der Waals surface area (Å²) in [7, 11) is 1.92. The summed E-state index contributed by atoms with van der Waals surface area (Å²) >= 11 is 3.47. The van der Waals surface area contributed by atoms with E-state index in [0.29, 0.717) is 13.1 Å². The van der Waals surface area contributed by atoms with Crippen molar-refractivity contribution in [2.45, 2.75) is 25.9 Å². The van der Waals surface area contributed by atoms with Gasteiger partial charge in [-0.2, -0.15) is 0 Å². The van der Waals surface area contributed by atoms with Crippen molar-refractivity contribution in [3.05, 3.63) is 34.3 Å². The molecular weight excluding hydrogens is 306 g/mol. The molecular formula is C14H22BrN3O. The average Bonchev–Trinajstić information content (AvgIpc) is 2.28. The highest BCUT2D eigenvalue weighted by Gasteiger charge is 2.22. The van der Waals surface area contributed by atoms with Crippen LogP contribution in [0.1, 0.15) is 25.5 Å². The number of hydrogen-bond donors (Lipinski definition) is 2. The number of nitrogens with one attached hydrogen (secondary N) is 1. The maximum absolute atomic E-state index is 11.7. The van der Waals surface area contributed by atoms with Gasteiger partial charge in [-0.3, -0.25) is 9.69 Å². The highest BCUT2D eigenvalue weighted by atomic mass is 79.9. The Morgan fingerprint density at radius 3 is 2.74 bits per heavy atom. The number of rotatable bonds is 6. The van der Waals surface area contributed by atoms with Crippen molar-refractivity contribution in [2.24, 2.45) is 5.73 Å². The Bertz CT molecular complexity index is 423. The smallest absolute Gasteiger partial charge is 0.234 e. The van der Waals surface area contributed by atoms with Crippen molar-refractivity contribution in [3.8, 4) is 0 Å². The second-order valence-electron chi connectivity index (χ2n) is 4.73. The van der Waals surface area contributed by atoms with Crippen LogP contribution in [0.5, 0.6) is 0 Å². The molecule has 0 spiro atoms. The van der Waals surface area contributed by atoms with E-state index in [2.05, 4.69) is 21.2 Å². The summed E-state index contributed by atoms with van der Waals surface area (Å²) < 4.78 is 1.02. The van der Waals surface area contributed by atoms with Crippen LogP contribution in [-0.2, 0) is 4.79 Å². The average molecular weight is 328 g/mol. The van der Waals surface area contributed by atoms with Crippen LogP contribution in [0.3, 0.4) is 0 Å². The van der Waals surface area contributed by atoms with Crippen LogP contribution in [-0.4, -0.2) is 37.0 Å². The number of nitrogens with zero attached hydrogens (tertiary/aromatic N) is 1. The number of halogens is 1. The highest BCUT2D eigenvalue weighted by Crippen LogP contribution is 2.24. The third-order valence-electron chi connectivity index (χ3n) is 2.93. The first-order valence-electron chi connectivity index (χ1n) is 6.43. The lowest BCUT2D eigenvalue weighted by molar-refractivity contribution is -0.122. The van der Waals surface area contributed by atoms with E-state index in [1.54, 1.807) is 0 Å². The van der Waals surface area contributed by atoms with E-state index < -0.39 is 0 Å². The maximum atomic E-state index is 11.7. The van der Waals surface area contributed by atoms with Crippen LogP contribution < -0.4 is 11.1 Å². The van der Waals surface area contributed by atoms with E-state index in [0.717, 1.165) is 10.0 Å². The number of hydrogen-bond acceptors (Lipinski definition) is 3. The van der Waals surface area contributed by atoms with E-state index >= 15 is 0 Å². The summed E-state index contributed by atoms with van der Waals surface area (Å²) in [5.41, 5.74) is 7.19. The molecule has 1 aromatic rings. The molecule has 1 rings (SSSR count). The number of carbonyl (C=O) groups excluding carboxylic acids is 1. The molecule has 0 saturated carbocycles. The molecule has 0 heterocycles. The van der Waals surface area contributed by atoms with Gasteiger partial charge in [-0.1, -0.05) is 28.1 Å². The van der Waals surface area contributed by atoms with Gasteiger partial charge in [-0.05, 0) is 38.6 Å². The Morgan fingerprint density at radius 1 is 1.53 bits per heavy atom. The molecule has 0 radical (unpaired) electrons. The van der Waals surface area contributed by atoms with Crippen molar-refractivity contribution in [3.63, 3.8) is 0 Å². The Balaban J connectivity index is 2.85. The molecule has 1 aromatic carbocycles. The van der Waals surface area contributed by atoms with Crippen molar-refractivity contribution in [2.75, 3.05) is 20.1 Å². The fourth-order valence-corrected chi connectivity index (χ4v) is 2.64. The van der Waals surface area contributed by atoms with Crippen molar-refractivity contribution in [1.82, 2.24) is 10.2 Å². The van der Waals surface area contributed by atoms with Crippen LogP contribution in [0.25, 0.3) is 0 Å². The van der Waals surface area contributed by atoms with Crippen LogP contribution in [0.4, 0.5) is 0 Å². The molecule has 19 heavy (non-hydrogen) atoms. The van der Waals surface area contributed by atoms with Crippen LogP contribution >= 0.6 is 15.9 Å². The second kappa shape index (κ2) is 7.62. The third kappa shape index (κ3) is 4.93. The maximum Gasteiger partial charge on any atom is 0.234 e. The second-order valence-corrected chi connectivity index (χ2v) is 5.64. The molecule has 1 amide bonds. The molecule has 0 bridgehead atoms. The fourth-order valence-electron chi connectivity index (χ4n) is 2.23. The molecule has 0 aliphatic rings. The monoisotopic (exact) mass is 327 g/mol. The molecule has 3 N–H and O–H groups in total. The molecule has 106 valence electrons. The lowest BCUT2D eigenvalue weighted by Gasteiger charge is -2.31. The van der Waals surface area contributed by atoms with E-state index in [1.807, 2.05) is 50.1 Å². The summed E-state index contributed by atoms with van der Waals surface area (Å²) in [5.74, 6) is 0.0191. The minimum atomic E-state index is -0.0614. The lowest BCUT2D eigenvalue weighted by atomic mass is 9.99. The van der Waals surface area contributed by atoms with Gasteiger partial charge in [0.1, 0.15) is 0 Å². The van der Waals surface area contributed by atoms with Gasteiger partial charge in [0.15, 0.2) is 0 Å². The summed E-state index contributed by atoms with van der Waals surface area (Å²) in [4.78, 5) is 13.7. The van der Waals surface area contributed by atoms with Crippen LogP contribution in [0.15, 0.2) is 28.7 Å². The first kappa shape index (κ1) is 16.1. The number of amides is 1. The van der Waals surface area contributed by atoms with Gasteiger partial charge >= 0.3 is 0 Å². The van der Waals surface area contributed by atoms with Crippen LogP contribution in [0, 0.1) is 0 Å². The summed E-state index contributed by atoms with van der Waals surface area (Å²) in [6.07, 6.45) is 0. The predicted octanol–water partition coefficient (Wildman–Crippen LogP) is 1.91. The van der Waals surface area contributed by atoms with E-state index in [4.69, 9.17) is 5.73 Å². The molecule has 2 unspecified atom stereocenters. The molecule has 0 aliphatic heterocycles. The van der Waals surface area contributed by atoms with E-state index in [-0.39, 0.29) is 18.0 Å². The number of benzene rings is 1. The summed E-state index contributed by atoms with van der Waals surface area (Å²) in [6, 6.07) is 7.99. The van der Waals surface area contributed by atoms with E-state index in [9.17, 15) is 4.79 Å². The highest BCUT2D eigenvalue weighted by molar-refractivity contribution is 9.10. The Hall–Kier alpha value is -0.910. The summed E-state index contributed by atoms with van der Waals surface area (Å²) in [5, 5.41) is 2.80. The normalized spacial score (nSPS) is 14.2. The molecule has 2 atom stereocenters. The van der Waals surface area contributed by atoms with E-state index in [1.165, 1.54) is 0 Å². The molecule has 0 aliphatic carbocycles. The van der Waals surface area contributed by atoms with Crippen LogP contribution in [0.2, 0.25) is 0 Å². The quantitative estimate of drug-likeness (QED) is 0.839. The first-order chi connectivity index (χ1) is 8.95. The minimum absolute atomic E-state index is 0.0140. The van der Waals surface area contributed by atoms with Crippen molar-refractivity contribution >= 4 is 21.8 Å². The topological polar surface area (TPSA) is 58.4 Å². The number of likely N-dealkylation sites (N-methyl/N-ethyl adjacent to an activating group) is 2. The Morgan fingerprint density at radius 2 is 2.21 bits per heavy atom. The minimum Gasteiger partial charge on any atom is -0.355 e. The van der Waals surface area contributed by atoms with Gasteiger partial charge in [0.25, 0.3) is 0 Å². The van der Waals surface area contributed by atoms with Gasteiger partial charge in [-0.15, -0.1) is 0 Å². The largest absolute Gasteiger partial charge is 0.355 e. The number of carbonyl (C=O) groups is 1. The van der Waals surface area contributed by atoms with Crippen molar-refractivity contribution in [1.29, 1.82) is 0 Å². The number of nitrogens with two attached hydrogens (primary N) is 1. The zero-order valence-corrected chi connectivity index (χ0v) is 13.3. The summed E-state index contributed by atoms with van der Waals surface area (Å²) in [6.45, 7) is 4.86. The lowest BCUT2D eigenvalue weighted by Crippen LogP contribution is -2.42. The SMILES string of the molecule is CCNC(=O)CN(C)C(c1cccc(Br)c1)C(C)N. The molecule has 0 saturated heterocycles. The zero-order valence-electron chi connectivity index (χ0n) is 11.7. The molecule has 5 heteroatoms. The fraction of sp³-hybridized carbons (Fsp3) is 0.500. The standard InChI is InChI=1S/C14H22BrN3O/c1-4-17-13(19)9-18(3)14(10(2)16)11-6-5-7-12(15)8-11/h5-8,10,14H,4,9,16H2,1-3H3,(H,17,19). The molecule has 4 nitrogen and oxygen atoms in total. The third-order valence-corrected chi connectivity index (χ3v) is 3.42. The Labute approximate surface area is 123 Å². The Kier molecular flexibility index (Phi) is 6.48. The first-order valence-corrected chi connectivity index (χ1v) is 7.23. The van der Waals surface area contributed by atoms with Gasteiger partial charge in [0, 0.05) is 23.1 Å².